The number of aryl methyl sites for hydroxylation is 1. The lowest BCUT2D eigenvalue weighted by atomic mass is 10.1. The van der Waals surface area contributed by atoms with Gasteiger partial charge in [-0.3, -0.25) is 4.79 Å². The monoisotopic (exact) mass is 266 g/mol. The predicted octanol–water partition coefficient (Wildman–Crippen LogP) is 3.18. The summed E-state index contributed by atoms with van der Waals surface area (Å²) in [6, 6.07) is 5.32. The fraction of sp³-hybridized carbons (Fsp3) is 0.231. The van der Waals surface area contributed by atoms with Crippen molar-refractivity contribution in [2.75, 3.05) is 0 Å². The van der Waals surface area contributed by atoms with Gasteiger partial charge in [-0.05, 0) is 24.6 Å². The van der Waals surface area contributed by atoms with Crippen molar-refractivity contribution in [1.29, 1.82) is 0 Å². The molecule has 1 N–H and O–H groups in total. The van der Waals surface area contributed by atoms with E-state index in [0.29, 0.717) is 28.5 Å². The van der Waals surface area contributed by atoms with Crippen molar-refractivity contribution in [3.63, 3.8) is 0 Å². The summed E-state index contributed by atoms with van der Waals surface area (Å²) in [6.45, 7) is 1.99. The molecule has 2 rings (SSSR count). The second-order valence-electron chi connectivity index (χ2n) is 3.95. The fourth-order valence-corrected chi connectivity index (χ4v) is 1.91. The molecule has 0 aliphatic heterocycles. The molecule has 0 spiro atoms. The summed E-state index contributed by atoms with van der Waals surface area (Å²) < 4.78 is 13.2. The minimum absolute atomic E-state index is 0.260. The van der Waals surface area contributed by atoms with Crippen LogP contribution in [0.3, 0.4) is 0 Å². The number of rotatable bonds is 3. The highest BCUT2D eigenvalue weighted by molar-refractivity contribution is 6.33. The Labute approximate surface area is 109 Å². The number of aromatic nitrogens is 2. The second-order valence-corrected chi connectivity index (χ2v) is 4.36. The van der Waals surface area contributed by atoms with Gasteiger partial charge in [0.25, 0.3) is 5.56 Å². The molecule has 0 saturated carbocycles. The van der Waals surface area contributed by atoms with Crippen molar-refractivity contribution in [3.05, 3.63) is 51.3 Å². The molecule has 0 fully saturated rings. The molecule has 94 valence electrons. The first-order valence-electron chi connectivity index (χ1n) is 5.66. The Balaban J connectivity index is 2.56. The van der Waals surface area contributed by atoms with E-state index in [1.54, 1.807) is 0 Å². The Morgan fingerprint density at radius 1 is 1.39 bits per heavy atom. The largest absolute Gasteiger partial charge is 0.311 e. The normalized spacial score (nSPS) is 10.6. The maximum absolute atomic E-state index is 13.2. The van der Waals surface area contributed by atoms with Crippen LogP contribution < -0.4 is 5.56 Å². The summed E-state index contributed by atoms with van der Waals surface area (Å²) >= 11 is 5.99. The molecule has 0 amide bonds. The van der Waals surface area contributed by atoms with E-state index in [1.165, 1.54) is 24.3 Å². The molecule has 5 heteroatoms. The highest BCUT2D eigenvalue weighted by atomic mass is 35.5. The minimum atomic E-state index is -0.409. The van der Waals surface area contributed by atoms with E-state index in [0.717, 1.165) is 6.42 Å². The van der Waals surface area contributed by atoms with Crippen LogP contribution in [0.4, 0.5) is 4.39 Å². The van der Waals surface area contributed by atoms with Crippen molar-refractivity contribution < 1.29 is 4.39 Å². The van der Waals surface area contributed by atoms with Gasteiger partial charge in [-0.2, -0.15) is 0 Å². The molecule has 0 atom stereocenters. The predicted molar refractivity (Wildman–Crippen MR) is 69.3 cm³/mol. The van der Waals surface area contributed by atoms with Gasteiger partial charge in [-0.25, -0.2) is 9.37 Å². The molecule has 1 aromatic heterocycles. The molecule has 0 aliphatic carbocycles. The SMILES string of the molecule is CCCc1nc(-c2cc(F)ccc2Cl)cc(=O)[nH]1. The third kappa shape index (κ3) is 2.76. The van der Waals surface area contributed by atoms with Crippen LogP contribution in [-0.2, 0) is 6.42 Å². The number of nitrogens with zero attached hydrogens (tertiary/aromatic N) is 1. The van der Waals surface area contributed by atoms with Gasteiger partial charge in [0.05, 0.1) is 10.7 Å². The van der Waals surface area contributed by atoms with Crippen molar-refractivity contribution in [1.82, 2.24) is 9.97 Å². The first kappa shape index (κ1) is 12.8. The van der Waals surface area contributed by atoms with Crippen LogP contribution in [0.15, 0.2) is 29.1 Å². The van der Waals surface area contributed by atoms with Crippen molar-refractivity contribution >= 4 is 11.6 Å². The van der Waals surface area contributed by atoms with E-state index in [4.69, 9.17) is 11.6 Å². The lowest BCUT2D eigenvalue weighted by Gasteiger charge is -2.05. The highest BCUT2D eigenvalue weighted by Crippen LogP contribution is 2.26. The Kier molecular flexibility index (Phi) is 3.77. The average molecular weight is 267 g/mol. The Morgan fingerprint density at radius 3 is 2.89 bits per heavy atom. The zero-order valence-electron chi connectivity index (χ0n) is 9.84. The van der Waals surface area contributed by atoms with E-state index in [9.17, 15) is 9.18 Å². The third-order valence-corrected chi connectivity index (χ3v) is 2.81. The standard InChI is InChI=1S/C13H12ClFN2O/c1-2-3-12-16-11(7-13(18)17-12)9-6-8(15)4-5-10(9)14/h4-7H,2-3H2,1H3,(H,16,17,18). The van der Waals surface area contributed by atoms with Gasteiger partial charge < -0.3 is 4.98 Å². The number of aromatic amines is 1. The summed E-state index contributed by atoms with van der Waals surface area (Å²) in [4.78, 5) is 18.5. The van der Waals surface area contributed by atoms with Gasteiger partial charge in [0, 0.05) is 18.1 Å². The summed E-state index contributed by atoms with van der Waals surface area (Å²) in [7, 11) is 0. The fourth-order valence-electron chi connectivity index (χ4n) is 1.70. The molecule has 0 unspecified atom stereocenters. The summed E-state index contributed by atoms with van der Waals surface area (Å²) in [5, 5.41) is 0.372. The van der Waals surface area contributed by atoms with E-state index < -0.39 is 5.82 Å². The van der Waals surface area contributed by atoms with Crippen LogP contribution in [0.1, 0.15) is 19.2 Å². The number of benzene rings is 1. The molecule has 1 heterocycles. The van der Waals surface area contributed by atoms with Crippen LogP contribution in [0.5, 0.6) is 0 Å². The first-order chi connectivity index (χ1) is 8.60. The van der Waals surface area contributed by atoms with Gasteiger partial charge in [0.1, 0.15) is 11.6 Å². The van der Waals surface area contributed by atoms with Crippen molar-refractivity contribution in [3.8, 4) is 11.3 Å². The van der Waals surface area contributed by atoms with Crippen LogP contribution in [0, 0.1) is 5.82 Å². The number of hydrogen-bond acceptors (Lipinski definition) is 2. The van der Waals surface area contributed by atoms with E-state index >= 15 is 0 Å². The van der Waals surface area contributed by atoms with Crippen LogP contribution >= 0.6 is 11.6 Å². The molecule has 1 aromatic carbocycles. The number of nitrogens with one attached hydrogen (secondary N) is 1. The van der Waals surface area contributed by atoms with Gasteiger partial charge in [-0.1, -0.05) is 18.5 Å². The Hall–Kier alpha value is -1.68. The maximum atomic E-state index is 13.2. The molecule has 0 radical (unpaired) electrons. The zero-order valence-corrected chi connectivity index (χ0v) is 10.6. The smallest absolute Gasteiger partial charge is 0.251 e. The van der Waals surface area contributed by atoms with Crippen LogP contribution in [0.25, 0.3) is 11.3 Å². The van der Waals surface area contributed by atoms with Gasteiger partial charge >= 0.3 is 0 Å². The molecule has 2 aromatic rings. The third-order valence-electron chi connectivity index (χ3n) is 2.48. The van der Waals surface area contributed by atoms with E-state index in [-0.39, 0.29) is 5.56 Å². The quantitative estimate of drug-likeness (QED) is 0.927. The molecule has 0 aliphatic rings. The highest BCUT2D eigenvalue weighted by Gasteiger charge is 2.09. The first-order valence-corrected chi connectivity index (χ1v) is 6.03. The number of hydrogen-bond donors (Lipinski definition) is 1. The van der Waals surface area contributed by atoms with Gasteiger partial charge in [0.2, 0.25) is 0 Å². The molecular weight excluding hydrogens is 255 g/mol. The second kappa shape index (κ2) is 5.31. The summed E-state index contributed by atoms with van der Waals surface area (Å²) in [5.74, 6) is 0.175. The number of H-pyrrole nitrogens is 1. The number of halogens is 2. The summed E-state index contributed by atoms with van der Waals surface area (Å²) in [6.07, 6.45) is 1.53. The molecule has 0 saturated heterocycles. The topological polar surface area (TPSA) is 45.8 Å². The Bertz CT molecular complexity index is 625. The van der Waals surface area contributed by atoms with Crippen molar-refractivity contribution in [2.24, 2.45) is 0 Å². The van der Waals surface area contributed by atoms with Gasteiger partial charge in [0.15, 0.2) is 0 Å². The van der Waals surface area contributed by atoms with Crippen molar-refractivity contribution in [2.45, 2.75) is 19.8 Å². The molecule has 3 nitrogen and oxygen atoms in total. The minimum Gasteiger partial charge on any atom is -0.311 e. The van der Waals surface area contributed by atoms with E-state index in [2.05, 4.69) is 9.97 Å². The molecule has 0 bridgehead atoms. The average Bonchev–Trinajstić information content (AvgIpc) is 2.32. The zero-order chi connectivity index (χ0) is 13.1. The summed E-state index contributed by atoms with van der Waals surface area (Å²) in [5.41, 5.74) is 0.565. The van der Waals surface area contributed by atoms with Crippen LogP contribution in [-0.4, -0.2) is 9.97 Å². The van der Waals surface area contributed by atoms with E-state index in [1.807, 2.05) is 6.92 Å². The molecular formula is C13H12ClFN2O. The lowest BCUT2D eigenvalue weighted by molar-refractivity contribution is 0.628. The lowest BCUT2D eigenvalue weighted by Crippen LogP contribution is -2.11. The van der Waals surface area contributed by atoms with Gasteiger partial charge in [-0.15, -0.1) is 0 Å². The molecule has 18 heavy (non-hydrogen) atoms. The van der Waals surface area contributed by atoms with Crippen LogP contribution in [0.2, 0.25) is 5.02 Å². The maximum Gasteiger partial charge on any atom is 0.251 e. The Morgan fingerprint density at radius 2 is 2.17 bits per heavy atom.